The lowest BCUT2D eigenvalue weighted by atomic mass is 10.1. The highest BCUT2D eigenvalue weighted by atomic mass is 32.2. The van der Waals surface area contributed by atoms with Crippen molar-refractivity contribution in [3.05, 3.63) is 71.3 Å². The molecule has 2 aromatic rings. The summed E-state index contributed by atoms with van der Waals surface area (Å²) in [5.74, 6) is -1.57. The summed E-state index contributed by atoms with van der Waals surface area (Å²) in [6, 6.07) is 15.4. The van der Waals surface area contributed by atoms with Gasteiger partial charge in [-0.05, 0) is 24.1 Å². The largest absolute Gasteiger partial charge is 0.340 e. The minimum atomic E-state index is -3.41. The van der Waals surface area contributed by atoms with E-state index in [0.29, 0.717) is 5.56 Å². The minimum Gasteiger partial charge on any atom is -0.340 e. The van der Waals surface area contributed by atoms with Crippen LogP contribution in [0.25, 0.3) is 0 Å². The summed E-state index contributed by atoms with van der Waals surface area (Å²) in [6.45, 7) is -0.0864. The molecule has 2 aliphatic rings. The molecule has 4 rings (SSSR count). The molecule has 1 atom stereocenters. The van der Waals surface area contributed by atoms with E-state index in [4.69, 9.17) is 0 Å². The molecule has 0 bridgehead atoms. The number of carbonyl (C=O) groups is 3. The van der Waals surface area contributed by atoms with Crippen molar-refractivity contribution in [2.75, 3.05) is 25.4 Å². The maximum absolute atomic E-state index is 12.8. The van der Waals surface area contributed by atoms with Gasteiger partial charge in [-0.2, -0.15) is 0 Å². The molecule has 2 aromatic carbocycles. The van der Waals surface area contributed by atoms with Crippen LogP contribution in [-0.4, -0.2) is 61.3 Å². The maximum Gasteiger partial charge on any atom is 0.262 e. The number of amides is 3. The van der Waals surface area contributed by atoms with Crippen LogP contribution in [0.2, 0.25) is 0 Å². The van der Waals surface area contributed by atoms with E-state index in [1.54, 1.807) is 48.5 Å². The van der Waals surface area contributed by atoms with Crippen molar-refractivity contribution < 1.29 is 22.8 Å². The van der Waals surface area contributed by atoms with Gasteiger partial charge in [-0.15, -0.1) is 0 Å². The average molecular weight is 412 g/mol. The predicted octanol–water partition coefficient (Wildman–Crippen LogP) is 1.67. The summed E-state index contributed by atoms with van der Waals surface area (Å²) in [4.78, 5) is 40.1. The molecule has 29 heavy (non-hydrogen) atoms. The monoisotopic (exact) mass is 412 g/mol. The molecule has 1 fully saturated rings. The van der Waals surface area contributed by atoms with Gasteiger partial charge in [-0.25, -0.2) is 8.42 Å². The van der Waals surface area contributed by atoms with Crippen LogP contribution in [0.1, 0.15) is 38.0 Å². The van der Waals surface area contributed by atoms with Gasteiger partial charge in [0, 0.05) is 13.1 Å². The molecule has 0 radical (unpaired) electrons. The molecule has 1 saturated heterocycles. The third kappa shape index (κ3) is 3.55. The summed E-state index contributed by atoms with van der Waals surface area (Å²) >= 11 is 0. The van der Waals surface area contributed by atoms with E-state index in [0.717, 1.165) is 4.90 Å². The van der Waals surface area contributed by atoms with Crippen molar-refractivity contribution in [3.8, 4) is 0 Å². The van der Waals surface area contributed by atoms with E-state index in [1.165, 1.54) is 4.90 Å². The Kier molecular flexibility index (Phi) is 4.96. The molecular formula is C21H20N2O5S. The highest BCUT2D eigenvalue weighted by Gasteiger charge is 2.38. The SMILES string of the molecule is O=C(CN1C(=O)c2ccccc2C1=O)N1CCC(c2ccccc2)S(=O)(=O)CC1. The van der Waals surface area contributed by atoms with E-state index in [2.05, 4.69) is 0 Å². The quantitative estimate of drug-likeness (QED) is 0.715. The predicted molar refractivity (Wildman–Crippen MR) is 106 cm³/mol. The van der Waals surface area contributed by atoms with Crippen LogP contribution in [0.3, 0.4) is 0 Å². The van der Waals surface area contributed by atoms with Crippen molar-refractivity contribution in [1.29, 1.82) is 0 Å². The van der Waals surface area contributed by atoms with Crippen molar-refractivity contribution in [2.45, 2.75) is 11.7 Å². The molecule has 3 amide bonds. The molecule has 7 nitrogen and oxygen atoms in total. The Bertz CT molecular complexity index is 1050. The van der Waals surface area contributed by atoms with Gasteiger partial charge < -0.3 is 4.90 Å². The van der Waals surface area contributed by atoms with Gasteiger partial charge in [-0.3, -0.25) is 19.3 Å². The number of hydrogen-bond acceptors (Lipinski definition) is 5. The van der Waals surface area contributed by atoms with Crippen LogP contribution in [0, 0.1) is 0 Å². The number of nitrogens with zero attached hydrogens (tertiary/aromatic N) is 2. The normalized spacial score (nSPS) is 21.0. The summed E-state index contributed by atoms with van der Waals surface area (Å²) in [6.07, 6.45) is 0.278. The summed E-state index contributed by atoms with van der Waals surface area (Å²) in [5.41, 5.74) is 1.28. The van der Waals surface area contributed by atoms with Gasteiger partial charge in [0.15, 0.2) is 9.84 Å². The molecule has 0 N–H and O–H groups in total. The second-order valence-corrected chi connectivity index (χ2v) is 9.48. The van der Waals surface area contributed by atoms with Crippen LogP contribution in [-0.2, 0) is 14.6 Å². The number of benzene rings is 2. The molecule has 2 aliphatic heterocycles. The van der Waals surface area contributed by atoms with Crippen LogP contribution < -0.4 is 0 Å². The van der Waals surface area contributed by atoms with E-state index >= 15 is 0 Å². The fraction of sp³-hybridized carbons (Fsp3) is 0.286. The van der Waals surface area contributed by atoms with Crippen molar-refractivity contribution in [2.24, 2.45) is 0 Å². The van der Waals surface area contributed by atoms with E-state index < -0.39 is 32.8 Å². The molecule has 0 saturated carbocycles. The topological polar surface area (TPSA) is 91.8 Å². The molecule has 8 heteroatoms. The van der Waals surface area contributed by atoms with Gasteiger partial charge in [0.1, 0.15) is 6.54 Å². The number of sulfone groups is 1. The maximum atomic E-state index is 12.8. The first-order valence-electron chi connectivity index (χ1n) is 9.38. The molecule has 0 aliphatic carbocycles. The van der Waals surface area contributed by atoms with Crippen LogP contribution >= 0.6 is 0 Å². The van der Waals surface area contributed by atoms with Gasteiger partial charge in [0.2, 0.25) is 5.91 Å². The Hall–Kier alpha value is -3.00. The number of fused-ring (bicyclic) bond motifs is 1. The second-order valence-electron chi connectivity index (χ2n) is 7.18. The first-order valence-corrected chi connectivity index (χ1v) is 11.1. The Morgan fingerprint density at radius 3 is 2.10 bits per heavy atom. The lowest BCUT2D eigenvalue weighted by Crippen LogP contribution is -2.43. The Balaban J connectivity index is 1.48. The third-order valence-corrected chi connectivity index (χ3v) is 7.56. The Morgan fingerprint density at radius 1 is 0.897 bits per heavy atom. The Morgan fingerprint density at radius 2 is 1.48 bits per heavy atom. The fourth-order valence-electron chi connectivity index (χ4n) is 3.85. The highest BCUT2D eigenvalue weighted by molar-refractivity contribution is 7.91. The lowest BCUT2D eigenvalue weighted by Gasteiger charge is -2.22. The zero-order valence-corrected chi connectivity index (χ0v) is 16.5. The Labute approximate surface area is 168 Å². The van der Waals surface area contributed by atoms with Gasteiger partial charge >= 0.3 is 0 Å². The first kappa shape index (κ1) is 19.3. The van der Waals surface area contributed by atoms with Gasteiger partial charge in [-0.1, -0.05) is 42.5 Å². The summed E-state index contributed by atoms with van der Waals surface area (Å²) in [7, 11) is -3.41. The zero-order chi connectivity index (χ0) is 20.6. The van der Waals surface area contributed by atoms with E-state index in [9.17, 15) is 22.8 Å². The highest BCUT2D eigenvalue weighted by Crippen LogP contribution is 2.29. The number of carbonyl (C=O) groups excluding carboxylic acids is 3. The third-order valence-electron chi connectivity index (χ3n) is 5.44. The summed E-state index contributed by atoms with van der Waals surface area (Å²) < 4.78 is 25.4. The number of rotatable bonds is 3. The van der Waals surface area contributed by atoms with E-state index in [-0.39, 0.29) is 42.9 Å². The standard InChI is InChI=1S/C21H20N2O5S/c24-19(14-23-20(25)16-8-4-5-9-17(16)21(23)26)22-11-10-18(29(27,28)13-12-22)15-6-2-1-3-7-15/h1-9,18H,10-14H2. The van der Waals surface area contributed by atoms with Crippen LogP contribution in [0.15, 0.2) is 54.6 Å². The fourth-order valence-corrected chi connectivity index (χ4v) is 5.65. The van der Waals surface area contributed by atoms with Crippen molar-refractivity contribution in [3.63, 3.8) is 0 Å². The molecular weight excluding hydrogens is 392 g/mol. The second kappa shape index (κ2) is 7.44. The average Bonchev–Trinajstić information content (AvgIpc) is 2.86. The molecule has 0 spiro atoms. The van der Waals surface area contributed by atoms with E-state index in [1.807, 2.05) is 6.07 Å². The lowest BCUT2D eigenvalue weighted by molar-refractivity contribution is -0.131. The van der Waals surface area contributed by atoms with Crippen molar-refractivity contribution in [1.82, 2.24) is 9.80 Å². The molecule has 2 heterocycles. The summed E-state index contributed by atoms with van der Waals surface area (Å²) in [5, 5.41) is -0.666. The number of imide groups is 1. The number of hydrogen-bond donors (Lipinski definition) is 0. The van der Waals surface area contributed by atoms with Gasteiger partial charge in [0.05, 0.1) is 22.1 Å². The first-order chi connectivity index (χ1) is 13.9. The molecule has 150 valence electrons. The minimum absolute atomic E-state index is 0.0493. The van der Waals surface area contributed by atoms with Crippen LogP contribution in [0.4, 0.5) is 0 Å². The smallest absolute Gasteiger partial charge is 0.262 e. The van der Waals surface area contributed by atoms with Crippen LogP contribution in [0.5, 0.6) is 0 Å². The molecule has 1 unspecified atom stereocenters. The molecule has 0 aromatic heterocycles. The zero-order valence-electron chi connectivity index (χ0n) is 15.7. The van der Waals surface area contributed by atoms with Gasteiger partial charge in [0.25, 0.3) is 11.8 Å². The van der Waals surface area contributed by atoms with Crippen molar-refractivity contribution >= 4 is 27.6 Å².